The van der Waals surface area contributed by atoms with Crippen molar-refractivity contribution in [2.24, 2.45) is 0 Å². The Morgan fingerprint density at radius 3 is 2.35 bits per heavy atom. The summed E-state index contributed by atoms with van der Waals surface area (Å²) in [6, 6.07) is 12.2. The average molecular weight is 529 g/mol. The summed E-state index contributed by atoms with van der Waals surface area (Å²) < 4.78 is 6.64. The van der Waals surface area contributed by atoms with Crippen LogP contribution in [0.3, 0.4) is 0 Å². The highest BCUT2D eigenvalue weighted by Gasteiger charge is 2.46. The Morgan fingerprint density at radius 1 is 1.09 bits per heavy atom. The van der Waals surface area contributed by atoms with E-state index in [2.05, 4.69) is 34.7 Å². The lowest BCUT2D eigenvalue weighted by atomic mass is 9.95. The van der Waals surface area contributed by atoms with Crippen molar-refractivity contribution in [3.05, 3.63) is 69.2 Å². The molecule has 2 aromatic carbocycles. The third-order valence-corrected chi connectivity index (χ3v) is 6.72. The third-order valence-electron chi connectivity index (χ3n) is 6.19. The van der Waals surface area contributed by atoms with E-state index in [1.165, 1.54) is 0 Å². The Balaban J connectivity index is 2.06. The van der Waals surface area contributed by atoms with Gasteiger partial charge in [0.05, 0.1) is 18.2 Å². The molecule has 1 atom stereocenters. The van der Waals surface area contributed by atoms with Gasteiger partial charge in [-0.3, -0.25) is 9.59 Å². The van der Waals surface area contributed by atoms with Crippen molar-refractivity contribution in [3.8, 4) is 5.75 Å². The van der Waals surface area contributed by atoms with E-state index in [-0.39, 0.29) is 11.3 Å². The Hall–Kier alpha value is -2.64. The summed E-state index contributed by atoms with van der Waals surface area (Å²) in [7, 11) is 0. The maximum absolute atomic E-state index is 13.2. The molecule has 1 heterocycles. The number of aliphatic hydroxyl groups excluding tert-OH is 1. The number of amides is 1. The van der Waals surface area contributed by atoms with Gasteiger partial charge in [-0.15, -0.1) is 0 Å². The van der Waals surface area contributed by atoms with Crippen LogP contribution in [0.5, 0.6) is 5.75 Å². The smallest absolute Gasteiger partial charge is 0.295 e. The van der Waals surface area contributed by atoms with Crippen LogP contribution in [0.2, 0.25) is 0 Å². The summed E-state index contributed by atoms with van der Waals surface area (Å²) in [6.07, 6.45) is 0.894. The number of carbonyl (C=O) groups is 2. The number of benzene rings is 2. The lowest BCUT2D eigenvalue weighted by Gasteiger charge is -2.28. The zero-order valence-electron chi connectivity index (χ0n) is 20.3. The second kappa shape index (κ2) is 11.7. The molecule has 0 radical (unpaired) electrons. The van der Waals surface area contributed by atoms with Crippen LogP contribution in [-0.2, 0) is 9.59 Å². The fraction of sp³-hybridized carbons (Fsp3) is 0.407. The minimum absolute atomic E-state index is 0.119. The van der Waals surface area contributed by atoms with E-state index in [0.717, 1.165) is 40.9 Å². The number of Topliss-reactive ketones (excluding diaryl/α,β-unsaturated/α-hetero) is 1. The molecule has 0 aromatic heterocycles. The molecule has 0 spiro atoms. The van der Waals surface area contributed by atoms with Crippen LogP contribution < -0.4 is 4.74 Å². The second-order valence-corrected chi connectivity index (χ2v) is 9.32. The van der Waals surface area contributed by atoms with Crippen molar-refractivity contribution in [3.63, 3.8) is 0 Å². The number of ketones is 1. The second-order valence-electron chi connectivity index (χ2n) is 8.40. The predicted molar refractivity (Wildman–Crippen MR) is 138 cm³/mol. The molecule has 1 N–H and O–H groups in total. The highest BCUT2D eigenvalue weighted by atomic mass is 79.9. The van der Waals surface area contributed by atoms with Gasteiger partial charge in [0.25, 0.3) is 11.7 Å². The van der Waals surface area contributed by atoms with Gasteiger partial charge in [-0.2, -0.15) is 0 Å². The van der Waals surface area contributed by atoms with Crippen LogP contribution in [0.1, 0.15) is 49.9 Å². The van der Waals surface area contributed by atoms with Crippen LogP contribution >= 0.6 is 15.9 Å². The number of likely N-dealkylation sites (N-methyl/N-ethyl adjacent to an activating group) is 1. The van der Waals surface area contributed by atoms with Crippen LogP contribution in [0.4, 0.5) is 0 Å². The number of hydrogen-bond acceptors (Lipinski definition) is 5. The molecule has 182 valence electrons. The number of halogens is 1. The number of hydrogen-bond donors (Lipinski definition) is 1. The highest BCUT2D eigenvalue weighted by molar-refractivity contribution is 9.10. The van der Waals surface area contributed by atoms with Crippen LogP contribution in [-0.4, -0.2) is 59.4 Å². The van der Waals surface area contributed by atoms with E-state index in [4.69, 9.17) is 4.74 Å². The Labute approximate surface area is 210 Å². The molecule has 1 saturated heterocycles. The molecule has 34 heavy (non-hydrogen) atoms. The largest absolute Gasteiger partial charge is 0.507 e. The third kappa shape index (κ3) is 5.53. The van der Waals surface area contributed by atoms with Crippen molar-refractivity contribution in [2.45, 2.75) is 40.2 Å². The van der Waals surface area contributed by atoms with Gasteiger partial charge in [-0.05, 0) is 67.9 Å². The van der Waals surface area contributed by atoms with E-state index >= 15 is 0 Å². The number of ether oxygens (including phenoxy) is 1. The molecule has 1 amide bonds. The lowest BCUT2D eigenvalue weighted by Crippen LogP contribution is -2.38. The number of rotatable bonds is 10. The van der Waals surface area contributed by atoms with Gasteiger partial charge < -0.3 is 19.6 Å². The standard InChI is InChI=1S/C27H33BrN2O4/c1-5-16-34-22-13-10-20(17-18(22)4)25(31)23-24(19-8-11-21(28)12-9-19)30(27(33)26(23)32)15-14-29(6-2)7-3/h8-13,17,24,31H,5-7,14-16H2,1-4H3/t24-/m1/s1. The van der Waals surface area contributed by atoms with E-state index in [1.807, 2.05) is 38.1 Å². The first-order valence-electron chi connectivity index (χ1n) is 11.8. The molecule has 0 aliphatic carbocycles. The van der Waals surface area contributed by atoms with Crippen LogP contribution in [0.15, 0.2) is 52.5 Å². The first kappa shape index (κ1) is 26.0. The van der Waals surface area contributed by atoms with Gasteiger partial charge in [0.15, 0.2) is 0 Å². The van der Waals surface area contributed by atoms with Gasteiger partial charge in [0, 0.05) is 23.1 Å². The predicted octanol–water partition coefficient (Wildman–Crippen LogP) is 5.31. The number of carbonyl (C=O) groups excluding carboxylic acids is 2. The topological polar surface area (TPSA) is 70.1 Å². The van der Waals surface area contributed by atoms with Gasteiger partial charge in [-0.25, -0.2) is 0 Å². The van der Waals surface area contributed by atoms with Gasteiger partial charge in [0.1, 0.15) is 11.5 Å². The van der Waals surface area contributed by atoms with Gasteiger partial charge >= 0.3 is 0 Å². The zero-order valence-corrected chi connectivity index (χ0v) is 21.9. The fourth-order valence-electron chi connectivity index (χ4n) is 4.22. The number of aliphatic hydroxyl groups is 1. The van der Waals surface area contributed by atoms with Crippen LogP contribution in [0, 0.1) is 6.92 Å². The first-order chi connectivity index (χ1) is 16.3. The van der Waals surface area contributed by atoms with E-state index in [1.54, 1.807) is 23.1 Å². The molecule has 6 nitrogen and oxygen atoms in total. The maximum atomic E-state index is 13.2. The number of likely N-dealkylation sites (tertiary alicyclic amines) is 1. The lowest BCUT2D eigenvalue weighted by molar-refractivity contribution is -0.140. The fourth-order valence-corrected chi connectivity index (χ4v) is 4.48. The van der Waals surface area contributed by atoms with Gasteiger partial charge in [-0.1, -0.05) is 48.8 Å². The quantitative estimate of drug-likeness (QED) is 0.257. The number of aryl methyl sites for hydroxylation is 1. The molecule has 2 aromatic rings. The van der Waals surface area contributed by atoms with Crippen molar-refractivity contribution in [1.82, 2.24) is 9.80 Å². The first-order valence-corrected chi connectivity index (χ1v) is 12.6. The Bertz CT molecular complexity index is 1060. The summed E-state index contributed by atoms with van der Waals surface area (Å²) in [6.45, 7) is 11.4. The SMILES string of the molecule is CCCOc1ccc(C(O)=C2C(=O)C(=O)N(CCN(CC)CC)[C@@H]2c2ccc(Br)cc2)cc1C. The molecule has 0 bridgehead atoms. The van der Waals surface area contributed by atoms with Crippen molar-refractivity contribution >= 4 is 33.4 Å². The van der Waals surface area contributed by atoms with Crippen LogP contribution in [0.25, 0.3) is 5.76 Å². The number of nitrogens with zero attached hydrogens (tertiary/aromatic N) is 2. The summed E-state index contributed by atoms with van der Waals surface area (Å²) in [5.41, 5.74) is 2.25. The molecular formula is C27H33BrN2O4. The molecule has 0 unspecified atom stereocenters. The average Bonchev–Trinajstić information content (AvgIpc) is 3.09. The minimum Gasteiger partial charge on any atom is -0.507 e. The molecule has 0 saturated carbocycles. The maximum Gasteiger partial charge on any atom is 0.295 e. The summed E-state index contributed by atoms with van der Waals surface area (Å²) in [5, 5.41) is 11.3. The van der Waals surface area contributed by atoms with Crippen molar-refractivity contribution < 1.29 is 19.4 Å². The van der Waals surface area contributed by atoms with E-state index in [0.29, 0.717) is 25.3 Å². The molecular weight excluding hydrogens is 496 g/mol. The minimum atomic E-state index is -0.658. The highest BCUT2D eigenvalue weighted by Crippen LogP contribution is 2.40. The molecule has 1 aliphatic rings. The van der Waals surface area contributed by atoms with Crippen molar-refractivity contribution in [1.29, 1.82) is 0 Å². The molecule has 1 fully saturated rings. The monoisotopic (exact) mass is 528 g/mol. The molecule has 7 heteroatoms. The van der Waals surface area contributed by atoms with Gasteiger partial charge in [0.2, 0.25) is 0 Å². The normalized spacial score (nSPS) is 17.6. The summed E-state index contributed by atoms with van der Waals surface area (Å²) in [4.78, 5) is 30.1. The Morgan fingerprint density at radius 2 is 1.76 bits per heavy atom. The molecule has 1 aliphatic heterocycles. The van der Waals surface area contributed by atoms with E-state index < -0.39 is 17.7 Å². The Kier molecular flexibility index (Phi) is 8.91. The van der Waals surface area contributed by atoms with E-state index in [9.17, 15) is 14.7 Å². The van der Waals surface area contributed by atoms with Crippen molar-refractivity contribution in [2.75, 3.05) is 32.8 Å². The summed E-state index contributed by atoms with van der Waals surface area (Å²) in [5.74, 6) is -0.667. The zero-order chi connectivity index (χ0) is 24.8. The summed E-state index contributed by atoms with van der Waals surface area (Å²) >= 11 is 3.45. The molecule has 3 rings (SSSR count).